The first kappa shape index (κ1) is 19.3. The molecule has 0 saturated carbocycles. The van der Waals surface area contributed by atoms with Crippen molar-refractivity contribution in [2.75, 3.05) is 0 Å². The van der Waals surface area contributed by atoms with Gasteiger partial charge < -0.3 is 9.29 Å². The number of benzene rings is 1. The lowest BCUT2D eigenvalue weighted by Crippen LogP contribution is -2.16. The largest absolute Gasteiger partial charge is 0.573 e. The van der Waals surface area contributed by atoms with E-state index in [4.69, 9.17) is 16.2 Å². The van der Waals surface area contributed by atoms with E-state index in [2.05, 4.69) is 14.7 Å². The maximum atomic E-state index is 12.3. The van der Waals surface area contributed by atoms with Gasteiger partial charge in [-0.3, -0.25) is 9.55 Å². The minimum Gasteiger partial charge on any atom is -0.406 e. The number of nitrogens with zero attached hydrogens (tertiary/aromatic N) is 3. The highest BCUT2D eigenvalue weighted by molar-refractivity contribution is 7.78. The van der Waals surface area contributed by atoms with E-state index in [-0.39, 0.29) is 16.7 Å². The molecule has 0 saturated heterocycles. The Labute approximate surface area is 158 Å². The number of rotatable bonds is 5. The molecule has 2 aromatic heterocycles. The molecule has 0 aliphatic heterocycles. The van der Waals surface area contributed by atoms with Gasteiger partial charge >= 0.3 is 6.36 Å². The van der Waals surface area contributed by atoms with Crippen LogP contribution in [0, 0.1) is 0 Å². The lowest BCUT2D eigenvalue weighted by Gasteiger charge is -2.11. The van der Waals surface area contributed by atoms with Gasteiger partial charge in [-0.05, 0) is 36.4 Å². The summed E-state index contributed by atoms with van der Waals surface area (Å²) < 4.78 is 62.0. The molecule has 27 heavy (non-hydrogen) atoms. The minimum atomic E-state index is -4.77. The number of alkyl halides is 3. The summed E-state index contributed by atoms with van der Waals surface area (Å²) in [6, 6.07) is 8.45. The molecular weight excluding hydrogens is 407 g/mol. The van der Waals surface area contributed by atoms with Crippen molar-refractivity contribution in [2.45, 2.75) is 12.1 Å². The van der Waals surface area contributed by atoms with E-state index in [1.54, 1.807) is 16.7 Å². The second kappa shape index (κ2) is 7.67. The Kier molecular flexibility index (Phi) is 5.49. The summed E-state index contributed by atoms with van der Waals surface area (Å²) in [5.41, 5.74) is 1.98. The molecule has 0 radical (unpaired) electrons. The third-order valence-corrected chi connectivity index (χ3v) is 4.26. The highest BCUT2D eigenvalue weighted by atomic mass is 35.5. The normalized spacial score (nSPS) is 12.8. The predicted molar refractivity (Wildman–Crippen MR) is 93.0 cm³/mol. The second-order valence-electron chi connectivity index (χ2n) is 5.30. The zero-order valence-electron chi connectivity index (χ0n) is 13.4. The number of halogens is 4. The van der Waals surface area contributed by atoms with Crippen LogP contribution in [0.5, 0.6) is 5.75 Å². The van der Waals surface area contributed by atoms with Crippen molar-refractivity contribution in [1.29, 1.82) is 0 Å². The molecule has 0 aliphatic rings. The number of pyridine rings is 1. The SMILES string of the molecule is O=S(O)Cc1ccc(-n2cnc(Cl)c2-c2ccc(OC(F)(F)F)cc2)cn1. The zero-order chi connectivity index (χ0) is 19.6. The quantitative estimate of drug-likeness (QED) is 0.629. The van der Waals surface area contributed by atoms with Crippen molar-refractivity contribution in [1.82, 2.24) is 14.5 Å². The third-order valence-electron chi connectivity index (χ3n) is 3.44. The standard InChI is InChI=1S/C16H11ClF3N3O3S/c17-15-14(10-1-5-13(6-2-10)26-16(18,19)20)23(9-22-15)12-4-3-11(21-7-12)8-27(24)25/h1-7,9H,8H2,(H,24,25). The van der Waals surface area contributed by atoms with Crippen molar-refractivity contribution in [3.63, 3.8) is 0 Å². The summed E-state index contributed by atoms with van der Waals surface area (Å²) in [6.45, 7) is 0. The van der Waals surface area contributed by atoms with Crippen LogP contribution in [0.1, 0.15) is 5.69 Å². The molecule has 1 N–H and O–H groups in total. The Bertz CT molecular complexity index is 960. The Hall–Kier alpha value is -2.43. The highest BCUT2D eigenvalue weighted by Crippen LogP contribution is 2.32. The summed E-state index contributed by atoms with van der Waals surface area (Å²) in [7, 11) is 0. The van der Waals surface area contributed by atoms with Gasteiger partial charge in [0.1, 0.15) is 12.1 Å². The Morgan fingerprint density at radius 2 is 1.85 bits per heavy atom. The van der Waals surface area contributed by atoms with E-state index in [0.29, 0.717) is 22.6 Å². The fourth-order valence-corrected chi connectivity index (χ4v) is 3.03. The summed E-state index contributed by atoms with van der Waals surface area (Å²) >= 11 is 4.14. The first-order chi connectivity index (χ1) is 12.7. The Balaban J connectivity index is 1.92. The molecule has 1 aromatic carbocycles. The van der Waals surface area contributed by atoms with E-state index >= 15 is 0 Å². The molecule has 142 valence electrons. The van der Waals surface area contributed by atoms with Crippen LogP contribution in [-0.4, -0.2) is 29.7 Å². The van der Waals surface area contributed by atoms with Crippen LogP contribution in [0.3, 0.4) is 0 Å². The van der Waals surface area contributed by atoms with Crippen LogP contribution in [0.15, 0.2) is 48.9 Å². The first-order valence-corrected chi connectivity index (χ1v) is 9.00. The van der Waals surface area contributed by atoms with E-state index < -0.39 is 17.4 Å². The van der Waals surface area contributed by atoms with Gasteiger partial charge in [0.05, 0.1) is 29.0 Å². The number of aromatic nitrogens is 3. The fraction of sp³-hybridized carbons (Fsp3) is 0.125. The average Bonchev–Trinajstić information content (AvgIpc) is 2.96. The number of hydrogen-bond donors (Lipinski definition) is 1. The molecule has 1 atom stereocenters. The van der Waals surface area contributed by atoms with Crippen LogP contribution in [0.2, 0.25) is 5.15 Å². The van der Waals surface area contributed by atoms with Crippen LogP contribution in [-0.2, 0) is 16.8 Å². The van der Waals surface area contributed by atoms with E-state index in [1.165, 1.54) is 36.8 Å². The lowest BCUT2D eigenvalue weighted by molar-refractivity contribution is -0.274. The van der Waals surface area contributed by atoms with Gasteiger partial charge in [0.25, 0.3) is 0 Å². The molecule has 0 amide bonds. The second-order valence-corrected chi connectivity index (χ2v) is 6.59. The van der Waals surface area contributed by atoms with Gasteiger partial charge in [0, 0.05) is 5.56 Å². The van der Waals surface area contributed by atoms with Gasteiger partial charge in [-0.15, -0.1) is 13.2 Å². The first-order valence-electron chi connectivity index (χ1n) is 7.35. The number of imidazole rings is 1. The van der Waals surface area contributed by atoms with Gasteiger partial charge in [-0.25, -0.2) is 9.19 Å². The molecule has 0 aliphatic carbocycles. The zero-order valence-corrected chi connectivity index (χ0v) is 14.9. The van der Waals surface area contributed by atoms with Crippen LogP contribution in [0.4, 0.5) is 13.2 Å². The van der Waals surface area contributed by atoms with E-state index in [9.17, 15) is 17.4 Å². The van der Waals surface area contributed by atoms with E-state index in [1.807, 2.05) is 0 Å². The molecule has 2 heterocycles. The van der Waals surface area contributed by atoms with Gasteiger partial charge in [0.15, 0.2) is 16.2 Å². The minimum absolute atomic E-state index is 0.0987. The summed E-state index contributed by atoms with van der Waals surface area (Å²) in [5.74, 6) is -0.449. The van der Waals surface area contributed by atoms with Crippen molar-refractivity contribution in [3.05, 3.63) is 59.8 Å². The van der Waals surface area contributed by atoms with Crippen molar-refractivity contribution in [3.8, 4) is 22.7 Å². The molecule has 3 rings (SSSR count). The maximum Gasteiger partial charge on any atom is 0.573 e. The maximum absolute atomic E-state index is 12.3. The lowest BCUT2D eigenvalue weighted by atomic mass is 10.1. The fourth-order valence-electron chi connectivity index (χ4n) is 2.37. The van der Waals surface area contributed by atoms with Crippen molar-refractivity contribution in [2.24, 2.45) is 0 Å². The van der Waals surface area contributed by atoms with Gasteiger partial charge in [0.2, 0.25) is 0 Å². The number of hydrogen-bond acceptors (Lipinski definition) is 4. The molecule has 1 unspecified atom stereocenters. The molecular formula is C16H11ClF3N3O3S. The molecule has 11 heteroatoms. The van der Waals surface area contributed by atoms with Crippen LogP contribution in [0.25, 0.3) is 16.9 Å². The monoisotopic (exact) mass is 417 g/mol. The summed E-state index contributed by atoms with van der Waals surface area (Å²) in [4.78, 5) is 8.13. The molecule has 0 fully saturated rings. The van der Waals surface area contributed by atoms with Gasteiger partial charge in [-0.1, -0.05) is 11.6 Å². The highest BCUT2D eigenvalue weighted by Gasteiger charge is 2.31. The summed E-state index contributed by atoms with van der Waals surface area (Å²) in [6.07, 6.45) is -1.85. The van der Waals surface area contributed by atoms with Crippen LogP contribution >= 0.6 is 11.6 Å². The molecule has 0 bridgehead atoms. The third kappa shape index (κ3) is 4.85. The Morgan fingerprint density at radius 3 is 2.41 bits per heavy atom. The average molecular weight is 418 g/mol. The van der Waals surface area contributed by atoms with Crippen molar-refractivity contribution < 1.29 is 26.7 Å². The van der Waals surface area contributed by atoms with Crippen LogP contribution < -0.4 is 4.74 Å². The molecule has 3 aromatic rings. The Morgan fingerprint density at radius 1 is 1.15 bits per heavy atom. The molecule has 0 spiro atoms. The predicted octanol–water partition coefficient (Wildman–Crippen LogP) is 4.21. The summed E-state index contributed by atoms with van der Waals surface area (Å²) in [5, 5.41) is 0.153. The molecule has 6 nitrogen and oxygen atoms in total. The number of ether oxygens (including phenoxy) is 1. The topological polar surface area (TPSA) is 77.2 Å². The van der Waals surface area contributed by atoms with Gasteiger partial charge in [-0.2, -0.15) is 0 Å². The van der Waals surface area contributed by atoms with Crippen molar-refractivity contribution >= 4 is 22.7 Å². The smallest absolute Gasteiger partial charge is 0.406 e. The van der Waals surface area contributed by atoms with E-state index in [0.717, 1.165) is 0 Å².